The van der Waals surface area contributed by atoms with Crippen LogP contribution in [0, 0.1) is 6.92 Å². The van der Waals surface area contributed by atoms with Crippen LogP contribution in [0.25, 0.3) is 0 Å². The number of carbonyl (C=O) groups excluding carboxylic acids is 1. The lowest BCUT2D eigenvalue weighted by Crippen LogP contribution is -2.21. The van der Waals surface area contributed by atoms with Gasteiger partial charge in [-0.05, 0) is 50.6 Å². The van der Waals surface area contributed by atoms with Crippen LogP contribution in [-0.4, -0.2) is 18.6 Å². The van der Waals surface area contributed by atoms with Crippen LogP contribution in [0.3, 0.4) is 0 Å². The zero-order valence-corrected chi connectivity index (χ0v) is 14.2. The van der Waals surface area contributed by atoms with E-state index in [-0.39, 0.29) is 18.6 Å². The molecule has 122 valence electrons. The Balaban J connectivity index is 1.99. The number of ether oxygens (including phenoxy) is 2. The summed E-state index contributed by atoms with van der Waals surface area (Å²) in [7, 11) is 0. The Morgan fingerprint density at radius 3 is 2.65 bits per heavy atom. The van der Waals surface area contributed by atoms with Crippen molar-refractivity contribution in [2.75, 3.05) is 11.9 Å². The van der Waals surface area contributed by atoms with E-state index in [1.54, 1.807) is 18.2 Å². The van der Waals surface area contributed by atoms with Crippen LogP contribution >= 0.6 is 11.6 Å². The number of rotatable bonds is 6. The first-order chi connectivity index (χ1) is 11.0. The molecule has 0 bridgehead atoms. The van der Waals surface area contributed by atoms with Gasteiger partial charge in [-0.25, -0.2) is 0 Å². The summed E-state index contributed by atoms with van der Waals surface area (Å²) in [6.45, 7) is 5.67. The molecule has 0 saturated heterocycles. The van der Waals surface area contributed by atoms with Crippen molar-refractivity contribution in [1.29, 1.82) is 0 Å². The van der Waals surface area contributed by atoms with Crippen molar-refractivity contribution < 1.29 is 14.3 Å². The van der Waals surface area contributed by atoms with E-state index in [1.165, 1.54) is 0 Å². The van der Waals surface area contributed by atoms with E-state index in [0.29, 0.717) is 22.2 Å². The van der Waals surface area contributed by atoms with Gasteiger partial charge in [-0.2, -0.15) is 0 Å². The van der Waals surface area contributed by atoms with Crippen molar-refractivity contribution in [1.82, 2.24) is 0 Å². The number of hydrogen-bond donors (Lipinski definition) is 1. The van der Waals surface area contributed by atoms with Crippen LogP contribution in [0.1, 0.15) is 19.4 Å². The maximum absolute atomic E-state index is 12.1. The average molecular weight is 334 g/mol. The summed E-state index contributed by atoms with van der Waals surface area (Å²) in [6, 6.07) is 12.7. The van der Waals surface area contributed by atoms with Crippen molar-refractivity contribution >= 4 is 23.2 Å². The second-order valence-electron chi connectivity index (χ2n) is 5.43. The molecular formula is C18H20ClNO3. The summed E-state index contributed by atoms with van der Waals surface area (Å²) < 4.78 is 11.2. The Labute approximate surface area is 141 Å². The monoisotopic (exact) mass is 333 g/mol. The molecule has 1 amide bonds. The number of aryl methyl sites for hydroxylation is 1. The Hall–Kier alpha value is -2.20. The summed E-state index contributed by atoms with van der Waals surface area (Å²) in [5.74, 6) is 0.848. The van der Waals surface area contributed by atoms with E-state index in [9.17, 15) is 4.79 Å². The first-order valence-corrected chi connectivity index (χ1v) is 7.78. The highest BCUT2D eigenvalue weighted by Gasteiger charge is 2.10. The summed E-state index contributed by atoms with van der Waals surface area (Å²) in [6.07, 6.45) is 0.0235. The van der Waals surface area contributed by atoms with Crippen molar-refractivity contribution in [3.05, 3.63) is 53.1 Å². The zero-order valence-electron chi connectivity index (χ0n) is 13.4. The molecule has 0 aliphatic rings. The molecule has 0 saturated carbocycles. The first kappa shape index (κ1) is 17.2. The molecule has 0 atom stereocenters. The third kappa shape index (κ3) is 5.18. The maximum atomic E-state index is 12.1. The minimum atomic E-state index is -0.276. The van der Waals surface area contributed by atoms with Crippen LogP contribution < -0.4 is 14.8 Å². The number of amides is 1. The third-order valence-corrected chi connectivity index (χ3v) is 3.28. The number of halogens is 1. The standard InChI is InChI=1S/C18H20ClNO3/c1-12(2)23-16-7-5-4-6-15(16)20-18(21)11-22-17-10-13(3)8-9-14(17)19/h4-10,12H,11H2,1-3H3,(H,20,21). The fourth-order valence-corrected chi connectivity index (χ4v) is 2.15. The quantitative estimate of drug-likeness (QED) is 0.849. The maximum Gasteiger partial charge on any atom is 0.262 e. The Bertz CT molecular complexity index is 686. The minimum Gasteiger partial charge on any atom is -0.489 e. The van der Waals surface area contributed by atoms with E-state index in [0.717, 1.165) is 5.56 Å². The molecule has 0 spiro atoms. The Morgan fingerprint density at radius 1 is 1.17 bits per heavy atom. The minimum absolute atomic E-state index is 0.0235. The second kappa shape index (κ2) is 7.88. The molecule has 0 aliphatic carbocycles. The smallest absolute Gasteiger partial charge is 0.262 e. The van der Waals surface area contributed by atoms with Crippen molar-refractivity contribution in [2.24, 2.45) is 0 Å². The van der Waals surface area contributed by atoms with E-state index < -0.39 is 0 Å². The fraction of sp³-hybridized carbons (Fsp3) is 0.278. The fourth-order valence-electron chi connectivity index (χ4n) is 1.98. The molecule has 23 heavy (non-hydrogen) atoms. The van der Waals surface area contributed by atoms with Gasteiger partial charge in [0.25, 0.3) is 5.91 Å². The molecule has 0 unspecified atom stereocenters. The molecule has 1 N–H and O–H groups in total. The van der Waals surface area contributed by atoms with E-state index in [4.69, 9.17) is 21.1 Å². The van der Waals surface area contributed by atoms with Gasteiger partial charge in [0.1, 0.15) is 11.5 Å². The number of hydrogen-bond acceptors (Lipinski definition) is 3. The molecule has 0 aromatic heterocycles. The molecule has 0 fully saturated rings. The molecule has 2 aromatic carbocycles. The van der Waals surface area contributed by atoms with E-state index >= 15 is 0 Å². The Kier molecular flexibility index (Phi) is 5.88. The van der Waals surface area contributed by atoms with Gasteiger partial charge in [-0.15, -0.1) is 0 Å². The highest BCUT2D eigenvalue weighted by atomic mass is 35.5. The van der Waals surface area contributed by atoms with Gasteiger partial charge in [0, 0.05) is 0 Å². The predicted octanol–water partition coefficient (Wildman–Crippen LogP) is 4.45. The highest BCUT2D eigenvalue weighted by molar-refractivity contribution is 6.32. The Morgan fingerprint density at radius 2 is 1.91 bits per heavy atom. The van der Waals surface area contributed by atoms with Crippen molar-refractivity contribution in [3.63, 3.8) is 0 Å². The number of carbonyl (C=O) groups is 1. The number of anilines is 1. The molecule has 2 rings (SSSR count). The van der Waals surface area contributed by atoms with Crippen molar-refractivity contribution in [3.8, 4) is 11.5 Å². The zero-order chi connectivity index (χ0) is 16.8. The van der Waals surface area contributed by atoms with Crippen LogP contribution in [0.5, 0.6) is 11.5 Å². The van der Waals surface area contributed by atoms with Crippen LogP contribution in [0.4, 0.5) is 5.69 Å². The summed E-state index contributed by atoms with van der Waals surface area (Å²) >= 11 is 6.05. The first-order valence-electron chi connectivity index (χ1n) is 7.40. The van der Waals surface area contributed by atoms with Gasteiger partial charge < -0.3 is 14.8 Å². The van der Waals surface area contributed by atoms with Gasteiger partial charge in [0.05, 0.1) is 16.8 Å². The highest BCUT2D eigenvalue weighted by Crippen LogP contribution is 2.26. The van der Waals surface area contributed by atoms with Gasteiger partial charge >= 0.3 is 0 Å². The van der Waals surface area contributed by atoms with Crippen LogP contribution in [-0.2, 0) is 4.79 Å². The SMILES string of the molecule is Cc1ccc(Cl)c(OCC(=O)Nc2ccccc2OC(C)C)c1. The van der Waals surface area contributed by atoms with Crippen LogP contribution in [0.2, 0.25) is 5.02 Å². The van der Waals surface area contributed by atoms with Gasteiger partial charge in [-0.1, -0.05) is 29.8 Å². The third-order valence-electron chi connectivity index (χ3n) is 2.97. The lowest BCUT2D eigenvalue weighted by molar-refractivity contribution is -0.118. The summed E-state index contributed by atoms with van der Waals surface area (Å²) in [4.78, 5) is 12.1. The lowest BCUT2D eigenvalue weighted by Gasteiger charge is -2.15. The number of para-hydroxylation sites is 2. The average Bonchev–Trinajstić information content (AvgIpc) is 2.50. The molecule has 0 aliphatic heterocycles. The van der Waals surface area contributed by atoms with E-state index in [1.807, 2.05) is 45.0 Å². The second-order valence-corrected chi connectivity index (χ2v) is 5.84. The number of benzene rings is 2. The molecule has 4 nitrogen and oxygen atoms in total. The van der Waals surface area contributed by atoms with Crippen molar-refractivity contribution in [2.45, 2.75) is 26.9 Å². The predicted molar refractivity (Wildman–Crippen MR) is 92.5 cm³/mol. The van der Waals surface area contributed by atoms with Gasteiger partial charge in [-0.3, -0.25) is 4.79 Å². The topological polar surface area (TPSA) is 47.6 Å². The van der Waals surface area contributed by atoms with E-state index in [2.05, 4.69) is 5.32 Å². The van der Waals surface area contributed by atoms with Gasteiger partial charge in [0.15, 0.2) is 6.61 Å². The molecular weight excluding hydrogens is 314 g/mol. The van der Waals surface area contributed by atoms with Crippen LogP contribution in [0.15, 0.2) is 42.5 Å². The summed E-state index contributed by atoms with van der Waals surface area (Å²) in [5.41, 5.74) is 1.63. The van der Waals surface area contributed by atoms with Gasteiger partial charge in [0.2, 0.25) is 0 Å². The largest absolute Gasteiger partial charge is 0.489 e. The lowest BCUT2D eigenvalue weighted by atomic mass is 10.2. The number of nitrogens with one attached hydrogen (secondary N) is 1. The normalized spacial score (nSPS) is 10.5. The molecule has 2 aromatic rings. The molecule has 0 heterocycles. The molecule has 5 heteroatoms. The molecule has 0 radical (unpaired) electrons. The summed E-state index contributed by atoms with van der Waals surface area (Å²) in [5, 5.41) is 3.27.